The molecule has 2 heterocycles. The molecule has 1 aromatic carbocycles. The molecule has 23 heavy (non-hydrogen) atoms. The first-order valence-corrected chi connectivity index (χ1v) is 8.32. The van der Waals surface area contributed by atoms with Crippen LogP contribution in [-0.4, -0.2) is 30.4 Å². The Balaban J connectivity index is 1.57. The first kappa shape index (κ1) is 15.8. The summed E-state index contributed by atoms with van der Waals surface area (Å²) in [6, 6.07) is 12.1. The lowest BCUT2D eigenvalue weighted by Crippen LogP contribution is -2.37. The Morgan fingerprint density at radius 3 is 2.61 bits per heavy atom. The van der Waals surface area contributed by atoms with Gasteiger partial charge < -0.3 is 9.73 Å². The zero-order chi connectivity index (χ0) is 16.1. The second-order valence-electron chi connectivity index (χ2n) is 6.24. The normalized spacial score (nSPS) is 16.4. The molecule has 1 saturated heterocycles. The Morgan fingerprint density at radius 1 is 1.22 bits per heavy atom. The van der Waals surface area contributed by atoms with E-state index in [1.165, 1.54) is 18.4 Å². The fourth-order valence-corrected chi connectivity index (χ4v) is 3.11. The molecule has 0 radical (unpaired) electrons. The van der Waals surface area contributed by atoms with Crippen molar-refractivity contribution in [2.45, 2.75) is 32.2 Å². The molecule has 1 aliphatic rings. The molecule has 1 fully saturated rings. The van der Waals surface area contributed by atoms with Crippen LogP contribution in [0.4, 0.5) is 0 Å². The van der Waals surface area contributed by atoms with Crippen molar-refractivity contribution in [2.24, 2.45) is 0 Å². The Labute approximate surface area is 137 Å². The maximum atomic E-state index is 12.2. The van der Waals surface area contributed by atoms with Crippen molar-refractivity contribution < 1.29 is 9.21 Å². The Hall–Kier alpha value is -2.07. The highest BCUT2D eigenvalue weighted by Gasteiger charge is 2.25. The van der Waals surface area contributed by atoms with Crippen LogP contribution in [0.15, 0.2) is 47.1 Å². The molecule has 1 unspecified atom stereocenters. The number of hydrogen-bond acceptors (Lipinski definition) is 3. The van der Waals surface area contributed by atoms with E-state index in [0.29, 0.717) is 13.0 Å². The third kappa shape index (κ3) is 4.23. The predicted molar refractivity (Wildman–Crippen MR) is 90.1 cm³/mol. The van der Waals surface area contributed by atoms with Crippen molar-refractivity contribution in [2.75, 3.05) is 19.6 Å². The fraction of sp³-hybridized carbons (Fsp3) is 0.421. The molecule has 0 saturated carbocycles. The molecule has 0 bridgehead atoms. The van der Waals surface area contributed by atoms with Crippen LogP contribution >= 0.6 is 0 Å². The number of likely N-dealkylation sites (tertiary alicyclic amines) is 1. The maximum absolute atomic E-state index is 12.2. The van der Waals surface area contributed by atoms with Gasteiger partial charge in [0.1, 0.15) is 5.76 Å². The number of nitrogens with one attached hydrogen (secondary N) is 1. The van der Waals surface area contributed by atoms with Crippen LogP contribution in [0.3, 0.4) is 0 Å². The van der Waals surface area contributed by atoms with E-state index < -0.39 is 0 Å². The molecule has 1 aliphatic heterocycles. The monoisotopic (exact) mass is 312 g/mol. The van der Waals surface area contributed by atoms with Gasteiger partial charge in [-0.1, -0.05) is 29.8 Å². The first-order valence-electron chi connectivity index (χ1n) is 8.32. The number of nitrogens with zero attached hydrogens (tertiary/aromatic N) is 1. The molecule has 122 valence electrons. The van der Waals surface area contributed by atoms with E-state index in [0.717, 1.165) is 24.4 Å². The number of aryl methyl sites for hydroxylation is 1. The van der Waals surface area contributed by atoms with Crippen molar-refractivity contribution in [1.29, 1.82) is 0 Å². The van der Waals surface area contributed by atoms with Gasteiger partial charge in [-0.25, -0.2) is 0 Å². The number of rotatable bonds is 6. The van der Waals surface area contributed by atoms with Gasteiger partial charge in [0.05, 0.1) is 18.7 Å². The summed E-state index contributed by atoms with van der Waals surface area (Å²) in [6.45, 7) is 4.78. The fourth-order valence-electron chi connectivity index (χ4n) is 3.11. The van der Waals surface area contributed by atoms with Gasteiger partial charge in [-0.15, -0.1) is 0 Å². The van der Waals surface area contributed by atoms with E-state index in [1.807, 2.05) is 43.3 Å². The number of benzene rings is 1. The van der Waals surface area contributed by atoms with E-state index in [2.05, 4.69) is 10.2 Å². The van der Waals surface area contributed by atoms with Crippen LogP contribution < -0.4 is 5.32 Å². The smallest absolute Gasteiger partial charge is 0.224 e. The molecule has 2 aromatic rings. The van der Waals surface area contributed by atoms with Crippen LogP contribution in [0, 0.1) is 6.92 Å². The zero-order valence-electron chi connectivity index (χ0n) is 13.6. The summed E-state index contributed by atoms with van der Waals surface area (Å²) in [7, 11) is 0. The highest BCUT2D eigenvalue weighted by atomic mass is 16.3. The van der Waals surface area contributed by atoms with Crippen molar-refractivity contribution in [3.8, 4) is 0 Å². The second-order valence-corrected chi connectivity index (χ2v) is 6.24. The molecule has 0 spiro atoms. The third-order valence-electron chi connectivity index (χ3n) is 4.43. The summed E-state index contributed by atoms with van der Waals surface area (Å²) < 4.78 is 5.58. The molecule has 0 aliphatic carbocycles. The van der Waals surface area contributed by atoms with Crippen LogP contribution in [-0.2, 0) is 11.2 Å². The lowest BCUT2D eigenvalue weighted by Gasteiger charge is -2.26. The van der Waals surface area contributed by atoms with Gasteiger partial charge >= 0.3 is 0 Å². The van der Waals surface area contributed by atoms with Gasteiger partial charge in [0.2, 0.25) is 5.91 Å². The molecular weight excluding hydrogens is 288 g/mol. The molecule has 1 amide bonds. The Kier molecular flexibility index (Phi) is 5.13. The largest absolute Gasteiger partial charge is 0.468 e. The van der Waals surface area contributed by atoms with Crippen molar-refractivity contribution >= 4 is 5.91 Å². The van der Waals surface area contributed by atoms with E-state index in [1.54, 1.807) is 6.26 Å². The molecule has 4 heteroatoms. The Morgan fingerprint density at radius 2 is 1.96 bits per heavy atom. The van der Waals surface area contributed by atoms with Crippen LogP contribution in [0.2, 0.25) is 0 Å². The van der Waals surface area contributed by atoms with Gasteiger partial charge in [-0.3, -0.25) is 9.69 Å². The van der Waals surface area contributed by atoms with Gasteiger partial charge in [-0.05, 0) is 50.6 Å². The summed E-state index contributed by atoms with van der Waals surface area (Å²) in [6.07, 6.45) is 4.56. The zero-order valence-corrected chi connectivity index (χ0v) is 13.6. The van der Waals surface area contributed by atoms with Gasteiger partial charge in [0.25, 0.3) is 0 Å². The van der Waals surface area contributed by atoms with Crippen molar-refractivity contribution in [3.05, 3.63) is 59.5 Å². The second kappa shape index (κ2) is 7.47. The number of amides is 1. The predicted octanol–water partition coefficient (Wildman–Crippen LogP) is 3.08. The summed E-state index contributed by atoms with van der Waals surface area (Å²) in [5.41, 5.74) is 2.25. The summed E-state index contributed by atoms with van der Waals surface area (Å²) >= 11 is 0. The average Bonchev–Trinajstić information content (AvgIpc) is 3.24. The standard InChI is InChI=1S/C19H24N2O2/c1-15-6-8-16(9-7-15)13-19(22)20-14-17(18-5-4-12-23-18)21-10-2-3-11-21/h4-9,12,17H,2-3,10-11,13-14H2,1H3,(H,20,22). The summed E-state index contributed by atoms with van der Waals surface area (Å²) in [4.78, 5) is 14.6. The molecule has 1 aromatic heterocycles. The first-order chi connectivity index (χ1) is 11.2. The highest BCUT2D eigenvalue weighted by molar-refractivity contribution is 5.78. The number of carbonyl (C=O) groups is 1. The number of furan rings is 1. The average molecular weight is 312 g/mol. The number of hydrogen-bond donors (Lipinski definition) is 1. The maximum Gasteiger partial charge on any atom is 0.224 e. The quantitative estimate of drug-likeness (QED) is 0.891. The highest BCUT2D eigenvalue weighted by Crippen LogP contribution is 2.24. The lowest BCUT2D eigenvalue weighted by atomic mass is 10.1. The van der Waals surface area contributed by atoms with E-state index >= 15 is 0 Å². The molecule has 1 N–H and O–H groups in total. The number of carbonyl (C=O) groups excluding carboxylic acids is 1. The Bertz CT molecular complexity index is 613. The third-order valence-corrected chi connectivity index (χ3v) is 4.43. The van der Waals surface area contributed by atoms with Crippen LogP contribution in [0.1, 0.15) is 35.8 Å². The minimum atomic E-state index is 0.0598. The van der Waals surface area contributed by atoms with Crippen molar-refractivity contribution in [1.82, 2.24) is 10.2 Å². The van der Waals surface area contributed by atoms with Gasteiger partial charge in [0.15, 0.2) is 0 Å². The van der Waals surface area contributed by atoms with Gasteiger partial charge in [0, 0.05) is 6.54 Å². The SMILES string of the molecule is Cc1ccc(CC(=O)NCC(c2ccco2)N2CCCC2)cc1. The van der Waals surface area contributed by atoms with Crippen LogP contribution in [0.5, 0.6) is 0 Å². The van der Waals surface area contributed by atoms with Crippen molar-refractivity contribution in [3.63, 3.8) is 0 Å². The van der Waals surface area contributed by atoms with Gasteiger partial charge in [-0.2, -0.15) is 0 Å². The van der Waals surface area contributed by atoms with E-state index in [-0.39, 0.29) is 11.9 Å². The molecule has 1 atom stereocenters. The summed E-state index contributed by atoms with van der Waals surface area (Å²) in [5.74, 6) is 0.993. The van der Waals surface area contributed by atoms with E-state index in [4.69, 9.17) is 4.42 Å². The molecular formula is C19H24N2O2. The summed E-state index contributed by atoms with van der Waals surface area (Å²) in [5, 5.41) is 3.07. The minimum absolute atomic E-state index is 0.0598. The lowest BCUT2D eigenvalue weighted by molar-refractivity contribution is -0.120. The minimum Gasteiger partial charge on any atom is -0.468 e. The molecule has 3 rings (SSSR count). The topological polar surface area (TPSA) is 45.5 Å². The van der Waals surface area contributed by atoms with E-state index in [9.17, 15) is 4.79 Å². The molecule has 4 nitrogen and oxygen atoms in total. The van der Waals surface area contributed by atoms with Crippen LogP contribution in [0.25, 0.3) is 0 Å².